The summed E-state index contributed by atoms with van der Waals surface area (Å²) >= 11 is 1.48. The van der Waals surface area contributed by atoms with Gasteiger partial charge in [-0.1, -0.05) is 52.0 Å². The Hall–Kier alpha value is -1.98. The summed E-state index contributed by atoms with van der Waals surface area (Å²) in [4.78, 5) is 17.5. The molecule has 0 amide bonds. The lowest BCUT2D eigenvalue weighted by Gasteiger charge is -2.23. The minimum atomic E-state index is -0.0212. The molecule has 2 atom stereocenters. The molecule has 1 N–H and O–H groups in total. The first-order valence-corrected chi connectivity index (χ1v) is 10.2. The minimum Gasteiger partial charge on any atom is -0.304 e. The average molecular weight is 370 g/mol. The summed E-state index contributed by atoms with van der Waals surface area (Å²) in [5.74, 6) is 1.03. The van der Waals surface area contributed by atoms with E-state index in [-0.39, 0.29) is 11.6 Å². The maximum atomic E-state index is 12.1. The van der Waals surface area contributed by atoms with Gasteiger partial charge < -0.3 is 5.32 Å². The summed E-state index contributed by atoms with van der Waals surface area (Å²) in [5.41, 5.74) is 3.43. The molecule has 2 heterocycles. The smallest absolute Gasteiger partial charge is 0.258 e. The number of rotatable bonds is 7. The van der Waals surface area contributed by atoms with Crippen molar-refractivity contribution < 1.29 is 0 Å². The summed E-state index contributed by atoms with van der Waals surface area (Å²) in [6.07, 6.45) is 2.92. The van der Waals surface area contributed by atoms with Crippen molar-refractivity contribution in [1.82, 2.24) is 14.7 Å². The highest BCUT2D eigenvalue weighted by Gasteiger charge is 2.16. The number of aromatic nitrogens is 2. The van der Waals surface area contributed by atoms with Crippen LogP contribution in [0.5, 0.6) is 0 Å². The molecule has 3 rings (SSSR count). The Morgan fingerprint density at radius 3 is 2.50 bits per heavy atom. The minimum absolute atomic E-state index is 0.0212. The van der Waals surface area contributed by atoms with Crippen LogP contribution in [0.1, 0.15) is 62.9 Å². The lowest BCUT2D eigenvalue weighted by Crippen LogP contribution is -2.27. The molecule has 138 valence electrons. The molecule has 0 aliphatic rings. The van der Waals surface area contributed by atoms with Gasteiger partial charge in [-0.05, 0) is 29.4 Å². The van der Waals surface area contributed by atoms with Crippen LogP contribution in [0.25, 0.3) is 4.96 Å². The van der Waals surface area contributed by atoms with E-state index in [0.29, 0.717) is 18.4 Å². The highest BCUT2D eigenvalue weighted by Crippen LogP contribution is 2.25. The lowest BCUT2D eigenvalue weighted by molar-refractivity contribution is 0.408. The van der Waals surface area contributed by atoms with Gasteiger partial charge in [0.05, 0.1) is 5.69 Å². The molecule has 0 spiro atoms. The third-order valence-corrected chi connectivity index (χ3v) is 5.76. The Kier molecular flexibility index (Phi) is 5.89. The first kappa shape index (κ1) is 18.8. The van der Waals surface area contributed by atoms with Crippen molar-refractivity contribution in [3.8, 4) is 0 Å². The monoisotopic (exact) mass is 369 g/mol. The SMILES string of the molecule is CC[C@@H](C)c1ccc([C@H](NCc2cc(=O)n3ccsc3n2)C(C)C)cc1. The van der Waals surface area contributed by atoms with E-state index in [2.05, 4.69) is 62.3 Å². The molecule has 0 saturated carbocycles. The molecule has 0 aliphatic carbocycles. The van der Waals surface area contributed by atoms with E-state index >= 15 is 0 Å². The third kappa shape index (κ3) is 4.05. The van der Waals surface area contributed by atoms with Crippen molar-refractivity contribution in [2.45, 2.75) is 52.6 Å². The first-order valence-electron chi connectivity index (χ1n) is 9.28. The molecule has 0 radical (unpaired) electrons. The largest absolute Gasteiger partial charge is 0.304 e. The van der Waals surface area contributed by atoms with Crippen LogP contribution in [0.15, 0.2) is 46.7 Å². The normalized spacial score (nSPS) is 14.0. The van der Waals surface area contributed by atoms with E-state index in [1.807, 2.05) is 5.38 Å². The zero-order valence-corrected chi connectivity index (χ0v) is 16.7. The second kappa shape index (κ2) is 8.14. The zero-order valence-electron chi connectivity index (χ0n) is 15.9. The Morgan fingerprint density at radius 2 is 1.85 bits per heavy atom. The van der Waals surface area contributed by atoms with E-state index in [0.717, 1.165) is 17.1 Å². The van der Waals surface area contributed by atoms with Crippen LogP contribution in [-0.2, 0) is 6.54 Å². The maximum Gasteiger partial charge on any atom is 0.258 e. The van der Waals surface area contributed by atoms with Crippen molar-refractivity contribution >= 4 is 16.3 Å². The van der Waals surface area contributed by atoms with Gasteiger partial charge in [-0.15, -0.1) is 11.3 Å². The van der Waals surface area contributed by atoms with E-state index in [4.69, 9.17) is 0 Å². The maximum absolute atomic E-state index is 12.1. The lowest BCUT2D eigenvalue weighted by atomic mass is 9.92. The van der Waals surface area contributed by atoms with Crippen molar-refractivity contribution in [1.29, 1.82) is 0 Å². The van der Waals surface area contributed by atoms with Crippen LogP contribution in [0.4, 0.5) is 0 Å². The fraction of sp³-hybridized carbons (Fsp3) is 0.429. The summed E-state index contributed by atoms with van der Waals surface area (Å²) in [7, 11) is 0. The van der Waals surface area contributed by atoms with Crippen LogP contribution < -0.4 is 10.9 Å². The molecule has 0 bridgehead atoms. The van der Waals surface area contributed by atoms with Gasteiger partial charge in [0.2, 0.25) is 0 Å². The number of fused-ring (bicyclic) bond motifs is 1. The Morgan fingerprint density at radius 1 is 1.15 bits per heavy atom. The molecule has 1 aromatic carbocycles. The Balaban J connectivity index is 1.76. The van der Waals surface area contributed by atoms with Gasteiger partial charge in [-0.3, -0.25) is 9.20 Å². The number of thiazole rings is 1. The number of nitrogens with zero attached hydrogens (tertiary/aromatic N) is 2. The highest BCUT2D eigenvalue weighted by atomic mass is 32.1. The predicted molar refractivity (Wildman–Crippen MR) is 109 cm³/mol. The van der Waals surface area contributed by atoms with Crippen LogP contribution in [-0.4, -0.2) is 9.38 Å². The molecule has 2 aromatic heterocycles. The van der Waals surface area contributed by atoms with E-state index in [9.17, 15) is 4.79 Å². The third-order valence-electron chi connectivity index (χ3n) is 5.00. The number of hydrogen-bond acceptors (Lipinski definition) is 4. The van der Waals surface area contributed by atoms with Crippen LogP contribution in [0, 0.1) is 5.92 Å². The standard InChI is InChI=1S/C21H27N3OS/c1-5-15(4)16-6-8-17(9-7-16)20(14(2)3)22-13-18-12-19(25)24-10-11-26-21(24)23-18/h6-12,14-15,20,22H,5,13H2,1-4H3/t15-,20-/m1/s1. The quantitative estimate of drug-likeness (QED) is 0.653. The fourth-order valence-electron chi connectivity index (χ4n) is 3.20. The molecular weight excluding hydrogens is 342 g/mol. The topological polar surface area (TPSA) is 46.4 Å². The molecule has 26 heavy (non-hydrogen) atoms. The molecule has 0 saturated heterocycles. The molecule has 0 fully saturated rings. The van der Waals surface area contributed by atoms with Gasteiger partial charge >= 0.3 is 0 Å². The average Bonchev–Trinajstić information content (AvgIpc) is 3.10. The summed E-state index contributed by atoms with van der Waals surface area (Å²) in [6, 6.07) is 10.8. The predicted octanol–water partition coefficient (Wildman–Crippen LogP) is 4.76. The molecule has 3 aromatic rings. The second-order valence-electron chi connectivity index (χ2n) is 7.22. The van der Waals surface area contributed by atoms with E-state index < -0.39 is 0 Å². The first-order chi connectivity index (χ1) is 12.5. The van der Waals surface area contributed by atoms with Crippen molar-refractivity contribution in [2.24, 2.45) is 5.92 Å². The summed E-state index contributed by atoms with van der Waals surface area (Å²) in [5, 5.41) is 5.48. The molecule has 0 unspecified atom stereocenters. The van der Waals surface area contributed by atoms with Crippen LogP contribution >= 0.6 is 11.3 Å². The summed E-state index contributed by atoms with van der Waals surface area (Å²) < 4.78 is 1.59. The Labute approximate surface area is 158 Å². The van der Waals surface area contributed by atoms with Crippen molar-refractivity contribution in [3.63, 3.8) is 0 Å². The number of nitrogens with one attached hydrogen (secondary N) is 1. The molecular formula is C21H27N3OS. The van der Waals surface area contributed by atoms with Gasteiger partial charge in [0.15, 0.2) is 4.96 Å². The van der Waals surface area contributed by atoms with E-state index in [1.54, 1.807) is 16.7 Å². The fourth-order valence-corrected chi connectivity index (χ4v) is 3.94. The van der Waals surface area contributed by atoms with Crippen molar-refractivity contribution in [3.05, 3.63) is 69.1 Å². The molecule has 4 nitrogen and oxygen atoms in total. The van der Waals surface area contributed by atoms with Gasteiger partial charge in [0.1, 0.15) is 0 Å². The van der Waals surface area contributed by atoms with Crippen LogP contribution in [0.2, 0.25) is 0 Å². The molecule has 0 aliphatic heterocycles. The Bertz CT molecular complexity index is 911. The van der Waals surface area contributed by atoms with Gasteiger partial charge in [0, 0.05) is 30.2 Å². The zero-order chi connectivity index (χ0) is 18.7. The highest BCUT2D eigenvalue weighted by molar-refractivity contribution is 7.15. The number of benzene rings is 1. The van der Waals surface area contributed by atoms with Crippen molar-refractivity contribution in [2.75, 3.05) is 0 Å². The summed E-state index contributed by atoms with van der Waals surface area (Å²) in [6.45, 7) is 9.49. The van der Waals surface area contributed by atoms with Gasteiger partial charge in [-0.2, -0.15) is 0 Å². The second-order valence-corrected chi connectivity index (χ2v) is 8.09. The number of hydrogen-bond donors (Lipinski definition) is 1. The molecule has 5 heteroatoms. The van der Waals surface area contributed by atoms with Gasteiger partial charge in [-0.25, -0.2) is 4.98 Å². The van der Waals surface area contributed by atoms with Crippen LogP contribution in [0.3, 0.4) is 0 Å². The van der Waals surface area contributed by atoms with E-state index in [1.165, 1.54) is 22.5 Å². The van der Waals surface area contributed by atoms with Gasteiger partial charge in [0.25, 0.3) is 5.56 Å².